The number of nitrogens with zero attached hydrogens (tertiary/aromatic N) is 2. The molecule has 1 saturated heterocycles. The first-order valence-electron chi connectivity index (χ1n) is 11.8. The van der Waals surface area contributed by atoms with Crippen LogP contribution in [0.15, 0.2) is 30.4 Å². The van der Waals surface area contributed by atoms with E-state index >= 15 is 0 Å². The first-order valence-corrected chi connectivity index (χ1v) is 13.6. The molecule has 0 unspecified atom stereocenters. The van der Waals surface area contributed by atoms with Crippen LogP contribution in [-0.4, -0.2) is 85.8 Å². The van der Waals surface area contributed by atoms with Crippen molar-refractivity contribution in [3.8, 4) is 5.75 Å². The summed E-state index contributed by atoms with van der Waals surface area (Å²) in [7, 11) is -2.93. The average Bonchev–Trinajstić information content (AvgIpc) is 3.32. The van der Waals surface area contributed by atoms with Crippen molar-refractivity contribution in [3.63, 3.8) is 0 Å². The van der Waals surface area contributed by atoms with Crippen LogP contribution in [0, 0.1) is 0 Å². The van der Waals surface area contributed by atoms with E-state index in [1.54, 1.807) is 0 Å². The van der Waals surface area contributed by atoms with E-state index in [2.05, 4.69) is 28.0 Å². The summed E-state index contributed by atoms with van der Waals surface area (Å²) in [5, 5.41) is 15.5. The van der Waals surface area contributed by atoms with Crippen LogP contribution in [0.3, 0.4) is 0 Å². The summed E-state index contributed by atoms with van der Waals surface area (Å²) in [4.78, 5) is 23.8. The molecule has 9 nitrogen and oxygen atoms in total. The zero-order valence-electron chi connectivity index (χ0n) is 19.4. The third-order valence-corrected chi connectivity index (χ3v) is 8.77. The molecule has 0 amide bonds. The predicted molar refractivity (Wildman–Crippen MR) is 129 cm³/mol. The highest BCUT2D eigenvalue weighted by Gasteiger charge is 2.29. The van der Waals surface area contributed by atoms with Gasteiger partial charge in [0.25, 0.3) is 0 Å². The van der Waals surface area contributed by atoms with Gasteiger partial charge in [-0.3, -0.25) is 4.90 Å². The number of aliphatic carboxylic acids is 2. The predicted octanol–water partition coefficient (Wildman–Crippen LogP) is 2.20. The summed E-state index contributed by atoms with van der Waals surface area (Å²) in [6.07, 6.45) is 7.20. The Morgan fingerprint density at radius 2 is 1.65 bits per heavy atom. The lowest BCUT2D eigenvalue weighted by atomic mass is 10.0. The minimum absolute atomic E-state index is 0.0819. The Morgan fingerprint density at radius 3 is 2.26 bits per heavy atom. The van der Waals surface area contributed by atoms with Crippen LogP contribution in [0.2, 0.25) is 0 Å². The summed E-state index contributed by atoms with van der Waals surface area (Å²) in [6.45, 7) is 5.17. The van der Waals surface area contributed by atoms with Crippen molar-refractivity contribution in [2.75, 3.05) is 50.0 Å². The van der Waals surface area contributed by atoms with Crippen LogP contribution >= 0.6 is 0 Å². The van der Waals surface area contributed by atoms with E-state index in [9.17, 15) is 18.0 Å². The third-order valence-electron chi connectivity index (χ3n) is 6.53. The molecule has 188 valence electrons. The Morgan fingerprint density at radius 1 is 1.00 bits per heavy atom. The van der Waals surface area contributed by atoms with E-state index in [1.165, 1.54) is 17.7 Å². The zero-order chi connectivity index (χ0) is 24.6. The number of sulfone groups is 1. The molecule has 2 heterocycles. The summed E-state index contributed by atoms with van der Waals surface area (Å²) < 4.78 is 31.0. The summed E-state index contributed by atoms with van der Waals surface area (Å²) in [6, 6.07) is 6.41. The van der Waals surface area contributed by atoms with E-state index in [4.69, 9.17) is 14.9 Å². The molecule has 0 atom stereocenters. The molecule has 1 aliphatic carbocycles. The van der Waals surface area contributed by atoms with Crippen LogP contribution < -0.4 is 9.64 Å². The highest BCUT2D eigenvalue weighted by Crippen LogP contribution is 2.36. The normalized spacial score (nSPS) is 19.2. The highest BCUT2D eigenvalue weighted by molar-refractivity contribution is 7.92. The van der Waals surface area contributed by atoms with Crippen molar-refractivity contribution in [1.29, 1.82) is 0 Å². The largest absolute Gasteiger partial charge is 0.491 e. The Balaban J connectivity index is 0.000000350. The lowest BCUT2D eigenvalue weighted by Crippen LogP contribution is -2.48. The van der Waals surface area contributed by atoms with E-state index in [-0.39, 0.29) is 5.25 Å². The van der Waals surface area contributed by atoms with Gasteiger partial charge in [0.1, 0.15) is 5.75 Å². The Hall–Kier alpha value is -2.59. The maximum Gasteiger partial charge on any atom is 0.328 e. The molecule has 0 spiro atoms. The summed E-state index contributed by atoms with van der Waals surface area (Å²) >= 11 is 0. The number of benzene rings is 1. The number of carbonyl (C=O) groups is 2. The molecule has 0 bridgehead atoms. The van der Waals surface area contributed by atoms with E-state index in [1.807, 2.05) is 0 Å². The number of ether oxygens (including phenoxy) is 1. The van der Waals surface area contributed by atoms with Crippen LogP contribution in [0.1, 0.15) is 37.7 Å². The number of carboxylic acid groups (broad SMARTS) is 2. The topological polar surface area (TPSA) is 124 Å². The third kappa shape index (κ3) is 7.46. The quantitative estimate of drug-likeness (QED) is 0.549. The number of piperazine rings is 1. The number of carboxylic acids is 2. The van der Waals surface area contributed by atoms with Gasteiger partial charge in [-0.25, -0.2) is 18.0 Å². The van der Waals surface area contributed by atoms with Crippen molar-refractivity contribution in [1.82, 2.24) is 4.90 Å². The van der Waals surface area contributed by atoms with Gasteiger partial charge < -0.3 is 19.8 Å². The molecule has 2 fully saturated rings. The van der Waals surface area contributed by atoms with E-state index in [0.29, 0.717) is 24.4 Å². The van der Waals surface area contributed by atoms with E-state index < -0.39 is 21.8 Å². The maximum atomic E-state index is 12.6. The van der Waals surface area contributed by atoms with Gasteiger partial charge in [0, 0.05) is 51.3 Å². The lowest BCUT2D eigenvalue weighted by molar-refractivity contribution is -0.134. The Bertz CT molecular complexity index is 963. The molecular weight excluding hydrogens is 460 g/mol. The molecule has 1 aromatic rings. The SMILES string of the molecule is O=C(O)/C=C\C(=O)O.O=S(=O)(CCN1CCN(c2cccc3c2OCC3)CC1)C1CCCCC1. The fraction of sp³-hybridized carbons (Fsp3) is 0.583. The molecule has 10 heteroatoms. The molecule has 2 aliphatic heterocycles. The highest BCUT2D eigenvalue weighted by atomic mass is 32.2. The second-order valence-electron chi connectivity index (χ2n) is 8.83. The molecule has 34 heavy (non-hydrogen) atoms. The molecule has 0 radical (unpaired) electrons. The number of rotatable bonds is 7. The summed E-state index contributed by atoms with van der Waals surface area (Å²) in [5.41, 5.74) is 2.51. The number of anilines is 1. The van der Waals surface area contributed by atoms with Gasteiger partial charge in [-0.2, -0.15) is 0 Å². The van der Waals surface area contributed by atoms with Crippen molar-refractivity contribution >= 4 is 27.5 Å². The van der Waals surface area contributed by atoms with Gasteiger partial charge in [-0.05, 0) is 24.5 Å². The van der Waals surface area contributed by atoms with Gasteiger partial charge in [0.05, 0.1) is 23.3 Å². The van der Waals surface area contributed by atoms with Gasteiger partial charge >= 0.3 is 11.9 Å². The molecule has 3 aliphatic rings. The fourth-order valence-corrected chi connectivity index (χ4v) is 6.55. The second-order valence-corrected chi connectivity index (χ2v) is 11.2. The zero-order valence-corrected chi connectivity index (χ0v) is 20.2. The van der Waals surface area contributed by atoms with Crippen molar-refractivity contribution in [2.45, 2.75) is 43.8 Å². The standard InChI is InChI=1S/C20H30N2O3S.C4H4O4/c23-26(24,18-6-2-1-3-7-18)16-14-21-10-12-22(13-11-21)19-8-4-5-17-9-15-25-20(17)19;5-3(6)1-2-4(7)8/h4-5,8,18H,1-3,6-7,9-16H2;1-2H,(H,5,6)(H,7,8)/b;2-1-. The maximum absolute atomic E-state index is 12.6. The van der Waals surface area contributed by atoms with Gasteiger partial charge in [0.2, 0.25) is 0 Å². The molecule has 2 N–H and O–H groups in total. The van der Waals surface area contributed by atoms with Gasteiger partial charge in [0.15, 0.2) is 9.84 Å². The second kappa shape index (κ2) is 12.2. The molecule has 1 aromatic carbocycles. The minimum Gasteiger partial charge on any atom is -0.491 e. The number of fused-ring (bicyclic) bond motifs is 1. The average molecular weight is 495 g/mol. The van der Waals surface area contributed by atoms with Gasteiger partial charge in [-0.15, -0.1) is 0 Å². The minimum atomic E-state index is -2.93. The van der Waals surface area contributed by atoms with Crippen molar-refractivity contribution in [2.24, 2.45) is 0 Å². The van der Waals surface area contributed by atoms with Crippen LogP contribution in [0.25, 0.3) is 0 Å². The van der Waals surface area contributed by atoms with Crippen molar-refractivity contribution in [3.05, 3.63) is 35.9 Å². The molecule has 0 aromatic heterocycles. The molecule has 1 saturated carbocycles. The first-order chi connectivity index (χ1) is 16.3. The van der Waals surface area contributed by atoms with Crippen molar-refractivity contribution < 1.29 is 33.0 Å². The van der Waals surface area contributed by atoms with Crippen LogP contribution in [-0.2, 0) is 25.8 Å². The number of hydrogen-bond donors (Lipinski definition) is 2. The van der Waals surface area contributed by atoms with Gasteiger partial charge in [-0.1, -0.05) is 31.4 Å². The monoisotopic (exact) mass is 494 g/mol. The Labute approximate surface area is 200 Å². The van der Waals surface area contributed by atoms with E-state index in [0.717, 1.165) is 70.6 Å². The van der Waals surface area contributed by atoms with Crippen LogP contribution in [0.4, 0.5) is 5.69 Å². The lowest BCUT2D eigenvalue weighted by Gasteiger charge is -2.36. The fourth-order valence-electron chi connectivity index (χ4n) is 4.65. The smallest absolute Gasteiger partial charge is 0.328 e. The van der Waals surface area contributed by atoms with Crippen LogP contribution in [0.5, 0.6) is 5.75 Å². The Kier molecular flexibility index (Phi) is 9.35. The molecular formula is C24H34N2O7S. The first kappa shape index (κ1) is 26.0. The molecule has 4 rings (SSSR count). The number of hydrogen-bond acceptors (Lipinski definition) is 7. The summed E-state index contributed by atoms with van der Waals surface area (Å²) in [5.74, 6) is -1.14. The number of para-hydroxylation sites is 1.